The highest BCUT2D eigenvalue weighted by Crippen LogP contribution is 2.19. The molecule has 0 bridgehead atoms. The highest BCUT2D eigenvalue weighted by atomic mass is 35.5. The molecule has 1 fully saturated rings. The van der Waals surface area contributed by atoms with E-state index in [2.05, 4.69) is 32.5 Å². The lowest BCUT2D eigenvalue weighted by Gasteiger charge is -2.28. The summed E-state index contributed by atoms with van der Waals surface area (Å²) in [5.74, 6) is 0.832. The molecule has 0 atom stereocenters. The first-order valence-corrected chi connectivity index (χ1v) is 8.20. The zero-order valence-corrected chi connectivity index (χ0v) is 14.1. The van der Waals surface area contributed by atoms with Crippen molar-refractivity contribution in [3.8, 4) is 0 Å². The van der Waals surface area contributed by atoms with Gasteiger partial charge in [0.1, 0.15) is 10.8 Å². The van der Waals surface area contributed by atoms with Crippen molar-refractivity contribution >= 4 is 34.9 Å². The number of anilines is 1. The van der Waals surface area contributed by atoms with Crippen molar-refractivity contribution in [1.82, 2.24) is 20.2 Å². The lowest BCUT2D eigenvalue weighted by atomic mass is 9.96. The number of piperidine rings is 1. The quantitative estimate of drug-likeness (QED) is 0.609. The minimum absolute atomic E-state index is 0.152. The Morgan fingerprint density at radius 3 is 2.82 bits per heavy atom. The van der Waals surface area contributed by atoms with Gasteiger partial charge in [0.15, 0.2) is 0 Å². The first-order chi connectivity index (χ1) is 10.6. The van der Waals surface area contributed by atoms with Crippen LogP contribution in [-0.2, 0) is 4.79 Å². The third kappa shape index (κ3) is 5.26. The van der Waals surface area contributed by atoms with Crippen LogP contribution in [0.4, 0.5) is 5.82 Å². The van der Waals surface area contributed by atoms with Crippen LogP contribution in [-0.4, -0.2) is 54.0 Å². The molecule has 122 valence electrons. The van der Waals surface area contributed by atoms with E-state index >= 15 is 0 Å². The molecule has 1 aliphatic rings. The van der Waals surface area contributed by atoms with Crippen molar-refractivity contribution in [2.75, 3.05) is 38.5 Å². The van der Waals surface area contributed by atoms with Gasteiger partial charge in [0.05, 0.1) is 6.20 Å². The van der Waals surface area contributed by atoms with Crippen LogP contribution in [0.1, 0.15) is 19.3 Å². The van der Waals surface area contributed by atoms with E-state index in [0.29, 0.717) is 23.9 Å². The molecule has 1 aliphatic heterocycles. The number of aromatic nitrogens is 2. The van der Waals surface area contributed by atoms with Crippen LogP contribution in [0, 0.1) is 5.92 Å². The number of nitrogens with zero attached hydrogens (tertiary/aromatic N) is 3. The van der Waals surface area contributed by atoms with Gasteiger partial charge in [0.2, 0.25) is 11.2 Å². The van der Waals surface area contributed by atoms with Gasteiger partial charge in [-0.05, 0) is 51.0 Å². The molecule has 0 aliphatic carbocycles. The minimum atomic E-state index is 0.152. The van der Waals surface area contributed by atoms with Crippen molar-refractivity contribution in [3.05, 3.63) is 16.5 Å². The second-order valence-electron chi connectivity index (χ2n) is 5.48. The predicted octanol–water partition coefficient (Wildman–Crippen LogP) is 2.04. The molecule has 2 N–H and O–H groups in total. The standard InChI is InChI=1S/C14H21Cl2N5O/c1-21-7-3-10(4-8-21)13(22)18-6-2-5-17-12-11(15)9-19-14(16)20-12/h9-10H,2-8H2,1H3,(H,18,22)(H,17,19,20). The van der Waals surface area contributed by atoms with E-state index in [1.807, 2.05) is 0 Å². The van der Waals surface area contributed by atoms with E-state index in [-0.39, 0.29) is 17.1 Å². The summed E-state index contributed by atoms with van der Waals surface area (Å²) in [6, 6.07) is 0. The fourth-order valence-electron chi connectivity index (χ4n) is 2.39. The number of hydrogen-bond acceptors (Lipinski definition) is 5. The maximum atomic E-state index is 12.0. The SMILES string of the molecule is CN1CCC(C(=O)NCCCNc2nc(Cl)ncc2Cl)CC1. The van der Waals surface area contributed by atoms with E-state index in [0.717, 1.165) is 32.4 Å². The average molecular weight is 346 g/mol. The normalized spacial score (nSPS) is 16.5. The van der Waals surface area contributed by atoms with Crippen molar-refractivity contribution in [2.45, 2.75) is 19.3 Å². The highest BCUT2D eigenvalue weighted by molar-refractivity contribution is 6.33. The van der Waals surface area contributed by atoms with Crippen LogP contribution in [0.15, 0.2) is 6.20 Å². The van der Waals surface area contributed by atoms with Crippen LogP contribution in [0.2, 0.25) is 10.3 Å². The molecule has 2 rings (SSSR count). The first kappa shape index (κ1) is 17.2. The van der Waals surface area contributed by atoms with Gasteiger partial charge in [0.25, 0.3) is 0 Å². The van der Waals surface area contributed by atoms with Crippen LogP contribution in [0.5, 0.6) is 0 Å². The largest absolute Gasteiger partial charge is 0.369 e. The Morgan fingerprint density at radius 2 is 2.09 bits per heavy atom. The molecule has 6 nitrogen and oxygen atoms in total. The molecule has 22 heavy (non-hydrogen) atoms. The van der Waals surface area contributed by atoms with Crippen molar-refractivity contribution in [1.29, 1.82) is 0 Å². The summed E-state index contributed by atoms with van der Waals surface area (Å²) in [6.45, 7) is 3.27. The summed E-state index contributed by atoms with van der Waals surface area (Å²) in [5.41, 5.74) is 0. The third-order valence-corrected chi connectivity index (χ3v) is 4.21. The summed E-state index contributed by atoms with van der Waals surface area (Å²) in [4.78, 5) is 22.1. The lowest BCUT2D eigenvalue weighted by Crippen LogP contribution is -2.39. The Labute approximate surface area is 140 Å². The maximum absolute atomic E-state index is 12.0. The number of rotatable bonds is 6. The molecule has 2 heterocycles. The van der Waals surface area contributed by atoms with Gasteiger partial charge in [-0.25, -0.2) is 4.98 Å². The number of carbonyl (C=O) groups is 1. The Hall–Kier alpha value is -1.11. The van der Waals surface area contributed by atoms with Gasteiger partial charge in [-0.3, -0.25) is 4.79 Å². The van der Waals surface area contributed by atoms with Crippen molar-refractivity contribution in [3.63, 3.8) is 0 Å². The van der Waals surface area contributed by atoms with Crippen LogP contribution in [0.3, 0.4) is 0 Å². The van der Waals surface area contributed by atoms with Gasteiger partial charge >= 0.3 is 0 Å². The molecule has 0 spiro atoms. The Morgan fingerprint density at radius 1 is 1.36 bits per heavy atom. The van der Waals surface area contributed by atoms with Crippen molar-refractivity contribution in [2.24, 2.45) is 5.92 Å². The first-order valence-electron chi connectivity index (χ1n) is 7.44. The number of amides is 1. The molecule has 1 aromatic rings. The Kier molecular flexibility index (Phi) is 6.67. The summed E-state index contributed by atoms with van der Waals surface area (Å²) >= 11 is 11.7. The van der Waals surface area contributed by atoms with E-state index in [1.54, 1.807) is 0 Å². The zero-order valence-electron chi connectivity index (χ0n) is 12.6. The topological polar surface area (TPSA) is 70.2 Å². The van der Waals surface area contributed by atoms with Crippen LogP contribution >= 0.6 is 23.2 Å². The van der Waals surface area contributed by atoms with Crippen molar-refractivity contribution < 1.29 is 4.79 Å². The molecular weight excluding hydrogens is 325 g/mol. The predicted molar refractivity (Wildman–Crippen MR) is 88.4 cm³/mol. The maximum Gasteiger partial charge on any atom is 0.224 e. The summed E-state index contributed by atoms with van der Waals surface area (Å²) in [7, 11) is 2.09. The van der Waals surface area contributed by atoms with E-state index in [1.165, 1.54) is 6.20 Å². The number of nitrogens with one attached hydrogen (secondary N) is 2. The second kappa shape index (κ2) is 8.50. The molecule has 1 saturated heterocycles. The Bertz CT molecular complexity index is 506. The molecule has 0 saturated carbocycles. The number of likely N-dealkylation sites (tertiary alicyclic amines) is 1. The second-order valence-corrected chi connectivity index (χ2v) is 6.23. The van der Waals surface area contributed by atoms with Crippen LogP contribution in [0.25, 0.3) is 0 Å². The van der Waals surface area contributed by atoms with Crippen LogP contribution < -0.4 is 10.6 Å². The number of hydrogen-bond donors (Lipinski definition) is 2. The van der Waals surface area contributed by atoms with Gasteiger partial charge < -0.3 is 15.5 Å². The fraction of sp³-hybridized carbons (Fsp3) is 0.643. The van der Waals surface area contributed by atoms with Gasteiger partial charge in [-0.1, -0.05) is 11.6 Å². The third-order valence-electron chi connectivity index (χ3n) is 3.75. The summed E-state index contributed by atoms with van der Waals surface area (Å²) < 4.78 is 0. The fourth-order valence-corrected chi connectivity index (χ4v) is 2.68. The lowest BCUT2D eigenvalue weighted by molar-refractivity contribution is -0.126. The molecule has 0 radical (unpaired) electrons. The van der Waals surface area contributed by atoms with Gasteiger partial charge in [0, 0.05) is 19.0 Å². The molecule has 8 heteroatoms. The summed E-state index contributed by atoms with van der Waals surface area (Å²) in [6.07, 6.45) is 4.13. The molecule has 0 aromatic carbocycles. The summed E-state index contributed by atoms with van der Waals surface area (Å²) in [5, 5.41) is 6.66. The minimum Gasteiger partial charge on any atom is -0.369 e. The molecule has 0 unspecified atom stereocenters. The molecule has 1 amide bonds. The monoisotopic (exact) mass is 345 g/mol. The number of carbonyl (C=O) groups excluding carboxylic acids is 1. The van der Waals surface area contributed by atoms with Gasteiger partial charge in [-0.15, -0.1) is 0 Å². The van der Waals surface area contributed by atoms with E-state index in [9.17, 15) is 4.79 Å². The number of halogens is 2. The Balaban J connectivity index is 1.63. The average Bonchev–Trinajstić information content (AvgIpc) is 2.50. The van der Waals surface area contributed by atoms with Gasteiger partial charge in [-0.2, -0.15) is 4.98 Å². The zero-order chi connectivity index (χ0) is 15.9. The smallest absolute Gasteiger partial charge is 0.224 e. The van der Waals surface area contributed by atoms with E-state index < -0.39 is 0 Å². The highest BCUT2D eigenvalue weighted by Gasteiger charge is 2.22. The van der Waals surface area contributed by atoms with E-state index in [4.69, 9.17) is 23.2 Å². The molecular formula is C14H21Cl2N5O. The molecule has 1 aromatic heterocycles.